The number of halogens is 1. The quantitative estimate of drug-likeness (QED) is 0.257. The SMILES string of the molecule is C/C=C1/CCC2C3CCC4CC(C)CCI4C3CCC12C. The molecule has 0 aromatic carbocycles. The summed E-state index contributed by atoms with van der Waals surface area (Å²) < 4.78 is 4.23. The maximum atomic E-state index is 2.63. The molecular formula is C20H33I. The summed E-state index contributed by atoms with van der Waals surface area (Å²) in [6, 6.07) is 0. The first-order valence-electron chi connectivity index (χ1n) is 9.42. The van der Waals surface area contributed by atoms with E-state index in [9.17, 15) is 0 Å². The van der Waals surface area contributed by atoms with Crippen LogP contribution < -0.4 is 0 Å². The Morgan fingerprint density at radius 3 is 2.81 bits per heavy atom. The Morgan fingerprint density at radius 2 is 2.00 bits per heavy atom. The Balaban J connectivity index is 1.58. The van der Waals surface area contributed by atoms with Gasteiger partial charge in [-0.15, -0.1) is 0 Å². The second kappa shape index (κ2) is 5.53. The molecule has 2 saturated heterocycles. The first kappa shape index (κ1) is 15.0. The normalized spacial score (nSPS) is 53.2. The molecule has 1 heteroatoms. The van der Waals surface area contributed by atoms with Gasteiger partial charge in [0.05, 0.1) is 0 Å². The first-order valence-corrected chi connectivity index (χ1v) is 13.4. The van der Waals surface area contributed by atoms with Crippen molar-refractivity contribution in [2.24, 2.45) is 23.2 Å². The van der Waals surface area contributed by atoms with E-state index in [-0.39, 0.29) is 0 Å². The molecule has 0 aromatic rings. The molecular weight excluding hydrogens is 367 g/mol. The fourth-order valence-corrected chi connectivity index (χ4v) is 17.0. The average Bonchev–Trinajstić information content (AvgIpc) is 2.83. The van der Waals surface area contributed by atoms with E-state index < -0.39 is 19.8 Å². The maximum absolute atomic E-state index is 2.63. The van der Waals surface area contributed by atoms with Crippen molar-refractivity contribution in [3.63, 3.8) is 0 Å². The van der Waals surface area contributed by atoms with Gasteiger partial charge >= 0.3 is 139 Å². The van der Waals surface area contributed by atoms with E-state index in [1.807, 2.05) is 5.57 Å². The zero-order chi connectivity index (χ0) is 14.6. The first-order chi connectivity index (χ1) is 10.1. The van der Waals surface area contributed by atoms with E-state index in [4.69, 9.17) is 0 Å². The van der Waals surface area contributed by atoms with Gasteiger partial charge in [-0.3, -0.25) is 0 Å². The Hall–Kier alpha value is 0.470. The molecule has 0 nitrogen and oxygen atoms in total. The molecule has 6 unspecified atom stereocenters. The molecule has 0 radical (unpaired) electrons. The van der Waals surface area contributed by atoms with Crippen molar-refractivity contribution in [1.29, 1.82) is 0 Å². The molecule has 6 atom stereocenters. The molecule has 0 bridgehead atoms. The fraction of sp³-hybridized carbons (Fsp3) is 0.900. The minimum absolute atomic E-state index is 0.613. The topological polar surface area (TPSA) is 0 Å². The van der Waals surface area contributed by atoms with Crippen molar-refractivity contribution in [3.05, 3.63) is 11.6 Å². The van der Waals surface area contributed by atoms with E-state index in [2.05, 4.69) is 26.8 Å². The van der Waals surface area contributed by atoms with Gasteiger partial charge in [0, 0.05) is 0 Å². The molecule has 4 rings (SSSR count). The molecule has 4 fully saturated rings. The summed E-state index contributed by atoms with van der Waals surface area (Å²) in [4.78, 5) is 0. The zero-order valence-electron chi connectivity index (χ0n) is 14.2. The van der Waals surface area contributed by atoms with Gasteiger partial charge in [0.15, 0.2) is 0 Å². The number of hydrogen-bond donors (Lipinski definition) is 0. The van der Waals surface area contributed by atoms with Crippen LogP contribution in [0.5, 0.6) is 0 Å². The van der Waals surface area contributed by atoms with Crippen LogP contribution in [0.25, 0.3) is 0 Å². The van der Waals surface area contributed by atoms with Crippen molar-refractivity contribution in [3.8, 4) is 0 Å². The molecule has 21 heavy (non-hydrogen) atoms. The predicted molar refractivity (Wildman–Crippen MR) is 101 cm³/mol. The number of allylic oxidation sites excluding steroid dienone is 2. The Morgan fingerprint density at radius 1 is 1.14 bits per heavy atom. The third-order valence-electron chi connectivity index (χ3n) is 7.59. The van der Waals surface area contributed by atoms with Crippen LogP contribution in [0.15, 0.2) is 11.6 Å². The second-order valence-corrected chi connectivity index (χ2v) is 15.4. The van der Waals surface area contributed by atoms with Crippen LogP contribution in [0.4, 0.5) is 0 Å². The van der Waals surface area contributed by atoms with Crippen LogP contribution in [0.2, 0.25) is 0 Å². The molecule has 120 valence electrons. The van der Waals surface area contributed by atoms with E-state index >= 15 is 0 Å². The molecule has 2 saturated carbocycles. The molecule has 0 aromatic heterocycles. The van der Waals surface area contributed by atoms with E-state index in [1.165, 1.54) is 27.1 Å². The molecule has 2 aliphatic carbocycles. The van der Waals surface area contributed by atoms with Crippen molar-refractivity contribution >= 4 is 19.8 Å². The molecule has 0 amide bonds. The van der Waals surface area contributed by atoms with Crippen molar-refractivity contribution in [1.82, 2.24) is 0 Å². The van der Waals surface area contributed by atoms with Gasteiger partial charge in [0.25, 0.3) is 0 Å². The van der Waals surface area contributed by atoms with Crippen molar-refractivity contribution in [2.75, 3.05) is 4.43 Å². The summed E-state index contributed by atoms with van der Waals surface area (Å²) in [5.74, 6) is 3.27. The van der Waals surface area contributed by atoms with Gasteiger partial charge in [-0.2, -0.15) is 0 Å². The minimum atomic E-state index is -0.641. The number of alkyl halides is 3. The zero-order valence-corrected chi connectivity index (χ0v) is 16.4. The molecule has 0 spiro atoms. The monoisotopic (exact) mass is 400 g/mol. The van der Waals surface area contributed by atoms with E-state index in [0.29, 0.717) is 5.41 Å². The van der Waals surface area contributed by atoms with E-state index in [0.717, 1.165) is 17.8 Å². The predicted octanol–water partition coefficient (Wildman–Crippen LogP) is 6.23. The molecule has 0 N–H and O–H groups in total. The fourth-order valence-electron chi connectivity index (χ4n) is 6.43. The van der Waals surface area contributed by atoms with Gasteiger partial charge in [-0.25, -0.2) is 0 Å². The van der Waals surface area contributed by atoms with Crippen LogP contribution in [0.1, 0.15) is 72.1 Å². The Labute approximate surface area is 138 Å². The number of rotatable bonds is 0. The van der Waals surface area contributed by atoms with Crippen LogP contribution in [0, 0.1) is 23.2 Å². The van der Waals surface area contributed by atoms with Gasteiger partial charge < -0.3 is 0 Å². The molecule has 2 aliphatic heterocycles. The van der Waals surface area contributed by atoms with Gasteiger partial charge in [-0.05, 0) is 0 Å². The van der Waals surface area contributed by atoms with Crippen molar-refractivity contribution < 1.29 is 0 Å². The van der Waals surface area contributed by atoms with E-state index in [1.54, 1.807) is 36.5 Å². The summed E-state index contributed by atoms with van der Waals surface area (Å²) in [6.07, 6.45) is 15.0. The summed E-state index contributed by atoms with van der Waals surface area (Å²) in [5.41, 5.74) is 2.44. The number of hydrogen-bond acceptors (Lipinski definition) is 0. The van der Waals surface area contributed by atoms with Crippen LogP contribution in [-0.2, 0) is 0 Å². The van der Waals surface area contributed by atoms with Crippen LogP contribution in [0.3, 0.4) is 0 Å². The van der Waals surface area contributed by atoms with Crippen molar-refractivity contribution in [2.45, 2.75) is 80.0 Å². The standard InChI is InChI=1S/C20H33I/c1-4-15-5-8-18-17-7-6-16-13-14(2)10-12-21(16)19(17)9-11-20(15,18)3/h4,14,16-19H,5-13H2,1-3H3/b15-4-. The summed E-state index contributed by atoms with van der Waals surface area (Å²) >= 11 is -0.641. The summed E-state index contributed by atoms with van der Waals surface area (Å²) in [6.45, 7) is 7.45. The van der Waals surface area contributed by atoms with Gasteiger partial charge in [-0.1, -0.05) is 0 Å². The Kier molecular flexibility index (Phi) is 3.95. The average molecular weight is 400 g/mol. The van der Waals surface area contributed by atoms with Gasteiger partial charge in [0.2, 0.25) is 0 Å². The third-order valence-corrected chi connectivity index (χ3v) is 16.5. The van der Waals surface area contributed by atoms with Gasteiger partial charge in [0.1, 0.15) is 0 Å². The van der Waals surface area contributed by atoms with Crippen LogP contribution in [-0.4, -0.2) is 12.3 Å². The molecule has 4 aliphatic rings. The second-order valence-electron chi connectivity index (χ2n) is 8.52. The van der Waals surface area contributed by atoms with Crippen LogP contribution >= 0.6 is 19.8 Å². The third kappa shape index (κ3) is 2.27. The summed E-state index contributed by atoms with van der Waals surface area (Å²) in [7, 11) is 0. The summed E-state index contributed by atoms with van der Waals surface area (Å²) in [5, 5.41) is 0. The molecule has 2 heterocycles. The Bertz CT molecular complexity index is 439. The number of fused-ring (bicyclic) bond motifs is 5.